The highest BCUT2D eigenvalue weighted by Gasteiger charge is 2.32. The Kier molecular flexibility index (Phi) is 16.3. The predicted molar refractivity (Wildman–Crippen MR) is 105 cm³/mol. The standard InChI is InChI=1S/C21H40O6/c1-3-5-7-9-11-13-19(24)26-17-21(15-22,16-23)18-27-20(25)14-12-10-8-6-4-2/h22-23H,3-18H2,1-2H3. The molecule has 0 amide bonds. The average Bonchev–Trinajstić information content (AvgIpc) is 2.68. The molecule has 0 atom stereocenters. The predicted octanol–water partition coefficient (Wildman–Crippen LogP) is 3.76. The second-order valence-corrected chi connectivity index (χ2v) is 7.47. The summed E-state index contributed by atoms with van der Waals surface area (Å²) in [5.41, 5.74) is -1.14. The fraction of sp³-hybridized carbons (Fsp3) is 0.905. The van der Waals surface area contributed by atoms with Crippen molar-refractivity contribution in [3.63, 3.8) is 0 Å². The van der Waals surface area contributed by atoms with Gasteiger partial charge in [0.05, 0.1) is 18.6 Å². The van der Waals surface area contributed by atoms with E-state index in [-0.39, 0.29) is 25.2 Å². The Labute approximate surface area is 164 Å². The van der Waals surface area contributed by atoms with Crippen molar-refractivity contribution in [1.82, 2.24) is 0 Å². The number of hydrogen-bond donors (Lipinski definition) is 2. The Morgan fingerprint density at radius 3 is 1.37 bits per heavy atom. The lowest BCUT2D eigenvalue weighted by Gasteiger charge is -2.28. The van der Waals surface area contributed by atoms with Crippen LogP contribution in [0.1, 0.15) is 90.9 Å². The highest BCUT2D eigenvalue weighted by Crippen LogP contribution is 2.19. The molecule has 0 spiro atoms. The molecule has 0 aromatic rings. The highest BCUT2D eigenvalue weighted by molar-refractivity contribution is 5.69. The summed E-state index contributed by atoms with van der Waals surface area (Å²) in [6, 6.07) is 0. The topological polar surface area (TPSA) is 93.1 Å². The van der Waals surface area contributed by atoms with Crippen LogP contribution in [0.5, 0.6) is 0 Å². The summed E-state index contributed by atoms with van der Waals surface area (Å²) in [5, 5.41) is 19.2. The van der Waals surface area contributed by atoms with Gasteiger partial charge in [-0.25, -0.2) is 0 Å². The van der Waals surface area contributed by atoms with Crippen molar-refractivity contribution < 1.29 is 29.3 Å². The molecule has 6 nitrogen and oxygen atoms in total. The Hall–Kier alpha value is -1.14. The van der Waals surface area contributed by atoms with Crippen molar-refractivity contribution in [2.24, 2.45) is 5.41 Å². The van der Waals surface area contributed by atoms with Crippen LogP contribution in [0, 0.1) is 5.41 Å². The third-order valence-electron chi connectivity index (χ3n) is 4.72. The molecule has 0 aliphatic rings. The molecule has 160 valence electrons. The van der Waals surface area contributed by atoms with Crippen molar-refractivity contribution in [3.8, 4) is 0 Å². The summed E-state index contributed by atoms with van der Waals surface area (Å²) in [6.45, 7) is 3.12. The quantitative estimate of drug-likeness (QED) is 0.274. The van der Waals surface area contributed by atoms with Gasteiger partial charge in [-0.2, -0.15) is 0 Å². The summed E-state index contributed by atoms with van der Waals surface area (Å²) >= 11 is 0. The third-order valence-corrected chi connectivity index (χ3v) is 4.72. The van der Waals surface area contributed by atoms with Crippen LogP contribution in [0.4, 0.5) is 0 Å². The van der Waals surface area contributed by atoms with Gasteiger partial charge in [0.2, 0.25) is 0 Å². The van der Waals surface area contributed by atoms with E-state index in [1.807, 2.05) is 0 Å². The number of rotatable bonds is 18. The summed E-state index contributed by atoms with van der Waals surface area (Å²) in [6.07, 6.45) is 11.0. The van der Waals surface area contributed by atoms with Crippen LogP contribution in [0.3, 0.4) is 0 Å². The van der Waals surface area contributed by atoms with Crippen molar-refractivity contribution in [3.05, 3.63) is 0 Å². The molecule has 27 heavy (non-hydrogen) atoms. The Bertz CT molecular complexity index is 347. The van der Waals surface area contributed by atoms with E-state index < -0.39 is 18.6 Å². The van der Waals surface area contributed by atoms with E-state index in [4.69, 9.17) is 9.47 Å². The fourth-order valence-corrected chi connectivity index (χ4v) is 2.63. The van der Waals surface area contributed by atoms with Gasteiger partial charge < -0.3 is 19.7 Å². The molecule has 2 N–H and O–H groups in total. The Balaban J connectivity index is 4.11. The summed E-state index contributed by atoms with van der Waals surface area (Å²) in [7, 11) is 0. The summed E-state index contributed by atoms with van der Waals surface area (Å²) in [5.74, 6) is -0.694. The lowest BCUT2D eigenvalue weighted by atomic mass is 9.92. The first kappa shape index (κ1) is 25.9. The first-order valence-corrected chi connectivity index (χ1v) is 10.6. The number of carbonyl (C=O) groups is 2. The van der Waals surface area contributed by atoms with E-state index in [9.17, 15) is 19.8 Å². The number of ether oxygens (including phenoxy) is 2. The molecule has 0 bridgehead atoms. The smallest absolute Gasteiger partial charge is 0.305 e. The first-order valence-electron chi connectivity index (χ1n) is 10.6. The second kappa shape index (κ2) is 17.0. The van der Waals surface area contributed by atoms with Gasteiger partial charge in [0.25, 0.3) is 0 Å². The molecule has 0 aromatic heterocycles. The lowest BCUT2D eigenvalue weighted by Crippen LogP contribution is -2.41. The third kappa shape index (κ3) is 13.6. The maximum atomic E-state index is 11.8. The second-order valence-electron chi connectivity index (χ2n) is 7.47. The molecule has 0 aliphatic heterocycles. The minimum atomic E-state index is -1.14. The van der Waals surface area contributed by atoms with Crippen LogP contribution in [0.25, 0.3) is 0 Å². The maximum absolute atomic E-state index is 11.8. The molecular weight excluding hydrogens is 348 g/mol. The van der Waals surface area contributed by atoms with Gasteiger partial charge in [-0.15, -0.1) is 0 Å². The van der Waals surface area contributed by atoms with Crippen LogP contribution in [0.2, 0.25) is 0 Å². The molecule has 0 radical (unpaired) electrons. The molecule has 0 heterocycles. The molecule has 0 unspecified atom stereocenters. The SMILES string of the molecule is CCCCCCCC(=O)OCC(CO)(CO)COC(=O)CCCCCCC. The highest BCUT2D eigenvalue weighted by atomic mass is 16.5. The maximum Gasteiger partial charge on any atom is 0.305 e. The Morgan fingerprint density at radius 1 is 0.667 bits per heavy atom. The summed E-state index contributed by atoms with van der Waals surface area (Å²) < 4.78 is 10.4. The minimum Gasteiger partial charge on any atom is -0.465 e. The zero-order chi connectivity index (χ0) is 20.4. The molecule has 0 saturated heterocycles. The van der Waals surface area contributed by atoms with Gasteiger partial charge in [0.1, 0.15) is 13.2 Å². The number of esters is 2. The molecule has 0 aliphatic carbocycles. The number of aliphatic hydroxyl groups is 2. The van der Waals surface area contributed by atoms with E-state index in [1.165, 1.54) is 0 Å². The molecule has 0 saturated carbocycles. The van der Waals surface area contributed by atoms with Crippen LogP contribution in [-0.4, -0.2) is 48.6 Å². The lowest BCUT2D eigenvalue weighted by molar-refractivity contribution is -0.159. The van der Waals surface area contributed by atoms with Crippen LogP contribution < -0.4 is 0 Å². The number of aliphatic hydroxyl groups excluding tert-OH is 2. The fourth-order valence-electron chi connectivity index (χ4n) is 2.63. The first-order chi connectivity index (χ1) is 13.0. The van der Waals surface area contributed by atoms with Gasteiger partial charge in [0.15, 0.2) is 0 Å². The van der Waals surface area contributed by atoms with Gasteiger partial charge >= 0.3 is 11.9 Å². The van der Waals surface area contributed by atoms with Gasteiger partial charge in [0, 0.05) is 12.8 Å². The van der Waals surface area contributed by atoms with E-state index in [0.717, 1.165) is 64.2 Å². The molecular formula is C21H40O6. The monoisotopic (exact) mass is 388 g/mol. The number of carbonyl (C=O) groups excluding carboxylic acids is 2. The molecule has 6 heteroatoms. The summed E-state index contributed by atoms with van der Waals surface area (Å²) in [4.78, 5) is 23.7. The van der Waals surface area contributed by atoms with Gasteiger partial charge in [-0.1, -0.05) is 65.2 Å². The minimum absolute atomic E-state index is 0.155. The van der Waals surface area contributed by atoms with Gasteiger partial charge in [-0.3, -0.25) is 9.59 Å². The zero-order valence-corrected chi connectivity index (χ0v) is 17.3. The van der Waals surface area contributed by atoms with Crippen LogP contribution in [0.15, 0.2) is 0 Å². The van der Waals surface area contributed by atoms with Crippen molar-refractivity contribution in [1.29, 1.82) is 0 Å². The van der Waals surface area contributed by atoms with Crippen molar-refractivity contribution in [2.45, 2.75) is 90.9 Å². The molecule has 0 aromatic carbocycles. The van der Waals surface area contributed by atoms with E-state index in [0.29, 0.717) is 12.8 Å². The molecule has 0 fully saturated rings. The van der Waals surface area contributed by atoms with E-state index in [1.54, 1.807) is 0 Å². The zero-order valence-electron chi connectivity index (χ0n) is 17.3. The van der Waals surface area contributed by atoms with E-state index in [2.05, 4.69) is 13.8 Å². The van der Waals surface area contributed by atoms with Crippen LogP contribution >= 0.6 is 0 Å². The normalized spacial score (nSPS) is 11.4. The van der Waals surface area contributed by atoms with E-state index >= 15 is 0 Å². The molecule has 0 rings (SSSR count). The Morgan fingerprint density at radius 2 is 1.04 bits per heavy atom. The number of unbranched alkanes of at least 4 members (excludes halogenated alkanes) is 8. The van der Waals surface area contributed by atoms with Crippen LogP contribution in [-0.2, 0) is 19.1 Å². The average molecular weight is 389 g/mol. The van der Waals surface area contributed by atoms with Crippen molar-refractivity contribution in [2.75, 3.05) is 26.4 Å². The van der Waals surface area contributed by atoms with Gasteiger partial charge in [-0.05, 0) is 12.8 Å². The van der Waals surface area contributed by atoms with Crippen molar-refractivity contribution >= 4 is 11.9 Å². The largest absolute Gasteiger partial charge is 0.465 e. The number of hydrogen-bond acceptors (Lipinski definition) is 6.